The molecule has 0 saturated heterocycles. The summed E-state index contributed by atoms with van der Waals surface area (Å²) in [6, 6.07) is 9.75. The highest BCUT2D eigenvalue weighted by Crippen LogP contribution is 2.39. The highest BCUT2D eigenvalue weighted by atomic mass is 16.5. The number of allylic oxidation sites excluding steroid dienone is 2. The van der Waals surface area contributed by atoms with Crippen LogP contribution in [0.4, 0.5) is 0 Å². The molecule has 0 amide bonds. The Morgan fingerprint density at radius 2 is 1.71 bits per heavy atom. The van der Waals surface area contributed by atoms with E-state index in [1.54, 1.807) is 0 Å². The third kappa shape index (κ3) is 5.88. The monoisotopic (exact) mass is 382 g/mol. The third-order valence-electron chi connectivity index (χ3n) is 6.44. The maximum atomic E-state index is 6.47. The van der Waals surface area contributed by atoms with E-state index in [0.29, 0.717) is 12.3 Å². The fourth-order valence-electron chi connectivity index (χ4n) is 4.77. The smallest absolute Gasteiger partial charge is 0.183 e. The molecule has 1 aromatic carbocycles. The second kappa shape index (κ2) is 10.2. The van der Waals surface area contributed by atoms with E-state index in [1.807, 2.05) is 36.4 Å². The lowest BCUT2D eigenvalue weighted by molar-refractivity contribution is 0.124. The van der Waals surface area contributed by atoms with Gasteiger partial charge >= 0.3 is 0 Å². The van der Waals surface area contributed by atoms with Gasteiger partial charge in [-0.15, -0.1) is 0 Å². The zero-order chi connectivity index (χ0) is 19.8. The van der Waals surface area contributed by atoms with E-state index in [0.717, 1.165) is 17.4 Å². The summed E-state index contributed by atoms with van der Waals surface area (Å²) in [6.45, 7) is 2.28. The zero-order valence-corrected chi connectivity index (χ0v) is 17.5. The van der Waals surface area contributed by atoms with Gasteiger partial charge in [0.05, 0.1) is 0 Å². The molecule has 3 rings (SSSR count). The van der Waals surface area contributed by atoms with Crippen LogP contribution in [0.1, 0.15) is 77.6 Å². The van der Waals surface area contributed by atoms with Gasteiger partial charge in [-0.3, -0.25) is 5.73 Å². The number of para-hydroxylation sites is 1. The molecule has 1 unspecified atom stereocenters. The van der Waals surface area contributed by atoms with Gasteiger partial charge < -0.3 is 10.5 Å². The number of ether oxygens (including phenoxy) is 1. The summed E-state index contributed by atoms with van der Waals surface area (Å²) < 4.78 is 6.01. The fraction of sp³-hybridized carbons (Fsp3) is 0.600. The maximum Gasteiger partial charge on any atom is 0.183 e. The number of rotatable bonds is 9. The molecule has 0 spiro atoms. The topological polar surface area (TPSA) is 61.3 Å². The van der Waals surface area contributed by atoms with Gasteiger partial charge in [-0.25, -0.2) is 0 Å². The molecule has 3 nitrogen and oxygen atoms in total. The van der Waals surface area contributed by atoms with Crippen molar-refractivity contribution in [3.8, 4) is 5.75 Å². The summed E-state index contributed by atoms with van der Waals surface area (Å²) in [6.07, 6.45) is 18.3. The molecule has 0 aliphatic heterocycles. The molecule has 154 valence electrons. The Morgan fingerprint density at radius 1 is 1.00 bits per heavy atom. The van der Waals surface area contributed by atoms with Crippen molar-refractivity contribution in [2.45, 2.75) is 83.3 Å². The molecule has 1 saturated carbocycles. The minimum atomic E-state index is -0.843. The standard InChI is InChI=1S/C25H38N2O/c1-2-3-4-5-7-10-20-13-15-21(16-14-20)23-17-18-25(27,19-24(23)26)28-22-11-8-6-9-12-22/h6,8-9,11-12,17-18,20-21H,2-5,7,10,13-16,19,26-27H2,1H3/t20-,21-,25?. The van der Waals surface area contributed by atoms with Gasteiger partial charge in [0.1, 0.15) is 5.75 Å². The first-order chi connectivity index (χ1) is 13.6. The summed E-state index contributed by atoms with van der Waals surface area (Å²) in [5.41, 5.74) is 14.3. The maximum absolute atomic E-state index is 6.47. The van der Waals surface area contributed by atoms with Crippen LogP contribution in [0.3, 0.4) is 0 Å². The van der Waals surface area contributed by atoms with Crippen molar-refractivity contribution < 1.29 is 4.74 Å². The summed E-state index contributed by atoms with van der Waals surface area (Å²) >= 11 is 0. The average Bonchev–Trinajstić information content (AvgIpc) is 2.69. The van der Waals surface area contributed by atoms with Crippen LogP contribution in [0.2, 0.25) is 0 Å². The normalized spacial score (nSPS) is 27.8. The first kappa shape index (κ1) is 21.0. The van der Waals surface area contributed by atoms with Crippen molar-refractivity contribution in [2.75, 3.05) is 0 Å². The molecule has 28 heavy (non-hydrogen) atoms. The summed E-state index contributed by atoms with van der Waals surface area (Å²) in [4.78, 5) is 0. The number of unbranched alkanes of at least 4 members (excludes halogenated alkanes) is 4. The number of hydrogen-bond donors (Lipinski definition) is 2. The number of benzene rings is 1. The predicted octanol–water partition coefficient (Wildman–Crippen LogP) is 6.06. The molecular weight excluding hydrogens is 344 g/mol. The van der Waals surface area contributed by atoms with Crippen molar-refractivity contribution in [3.05, 3.63) is 53.8 Å². The predicted molar refractivity (Wildman–Crippen MR) is 118 cm³/mol. The Kier molecular flexibility index (Phi) is 7.61. The van der Waals surface area contributed by atoms with E-state index in [2.05, 4.69) is 13.0 Å². The molecule has 1 aromatic rings. The Morgan fingerprint density at radius 3 is 2.39 bits per heavy atom. The van der Waals surface area contributed by atoms with Gasteiger partial charge in [-0.1, -0.05) is 69.7 Å². The summed E-state index contributed by atoms with van der Waals surface area (Å²) in [5, 5.41) is 0. The van der Waals surface area contributed by atoms with Crippen molar-refractivity contribution in [3.63, 3.8) is 0 Å². The molecule has 2 aliphatic carbocycles. The molecule has 4 N–H and O–H groups in total. The van der Waals surface area contributed by atoms with Gasteiger partial charge in [0, 0.05) is 12.1 Å². The van der Waals surface area contributed by atoms with Crippen molar-refractivity contribution in [1.82, 2.24) is 0 Å². The van der Waals surface area contributed by atoms with Gasteiger partial charge in [0.25, 0.3) is 0 Å². The van der Waals surface area contributed by atoms with Crippen LogP contribution in [-0.2, 0) is 0 Å². The molecule has 1 fully saturated rings. The van der Waals surface area contributed by atoms with Crippen LogP contribution in [-0.4, -0.2) is 5.72 Å². The molecule has 1 atom stereocenters. The number of hydrogen-bond acceptors (Lipinski definition) is 3. The zero-order valence-electron chi connectivity index (χ0n) is 17.5. The Labute approximate surface area is 171 Å². The van der Waals surface area contributed by atoms with E-state index in [1.165, 1.54) is 69.8 Å². The van der Waals surface area contributed by atoms with Gasteiger partial charge in [-0.2, -0.15) is 0 Å². The minimum absolute atomic E-state index is 0.561. The van der Waals surface area contributed by atoms with Crippen LogP contribution in [0.25, 0.3) is 0 Å². The van der Waals surface area contributed by atoms with Crippen molar-refractivity contribution >= 4 is 0 Å². The quantitative estimate of drug-likeness (QED) is 0.403. The van der Waals surface area contributed by atoms with Crippen LogP contribution in [0.5, 0.6) is 5.75 Å². The van der Waals surface area contributed by atoms with Crippen LogP contribution < -0.4 is 16.2 Å². The lowest BCUT2D eigenvalue weighted by Gasteiger charge is -2.35. The molecule has 2 aliphatic rings. The van der Waals surface area contributed by atoms with E-state index in [4.69, 9.17) is 16.2 Å². The van der Waals surface area contributed by atoms with Crippen LogP contribution in [0, 0.1) is 11.8 Å². The lowest BCUT2D eigenvalue weighted by atomic mass is 9.75. The van der Waals surface area contributed by atoms with Gasteiger partial charge in [-0.05, 0) is 61.3 Å². The summed E-state index contributed by atoms with van der Waals surface area (Å²) in [7, 11) is 0. The van der Waals surface area contributed by atoms with Crippen molar-refractivity contribution in [1.29, 1.82) is 0 Å². The number of nitrogens with two attached hydrogens (primary N) is 2. The first-order valence-electron chi connectivity index (χ1n) is 11.3. The second-order valence-corrected chi connectivity index (χ2v) is 8.78. The Bertz CT molecular complexity index is 658. The third-order valence-corrected chi connectivity index (χ3v) is 6.44. The summed E-state index contributed by atoms with van der Waals surface area (Å²) in [5.74, 6) is 2.29. The molecule has 0 heterocycles. The minimum Gasteiger partial charge on any atom is -0.469 e. The van der Waals surface area contributed by atoms with Crippen LogP contribution >= 0.6 is 0 Å². The molecule has 3 heteroatoms. The van der Waals surface area contributed by atoms with Gasteiger partial charge in [0.2, 0.25) is 0 Å². The van der Waals surface area contributed by atoms with E-state index in [-0.39, 0.29) is 0 Å². The van der Waals surface area contributed by atoms with Gasteiger partial charge in [0.15, 0.2) is 5.72 Å². The fourth-order valence-corrected chi connectivity index (χ4v) is 4.77. The second-order valence-electron chi connectivity index (χ2n) is 8.78. The van der Waals surface area contributed by atoms with E-state index in [9.17, 15) is 0 Å². The highest BCUT2D eigenvalue weighted by molar-refractivity contribution is 5.36. The molecule has 0 radical (unpaired) electrons. The molecule has 0 bridgehead atoms. The van der Waals surface area contributed by atoms with E-state index >= 15 is 0 Å². The van der Waals surface area contributed by atoms with Crippen molar-refractivity contribution in [2.24, 2.45) is 23.3 Å². The largest absolute Gasteiger partial charge is 0.469 e. The Balaban J connectivity index is 1.47. The first-order valence-corrected chi connectivity index (χ1v) is 11.3. The van der Waals surface area contributed by atoms with E-state index < -0.39 is 5.72 Å². The average molecular weight is 383 g/mol. The van der Waals surface area contributed by atoms with Crippen LogP contribution in [0.15, 0.2) is 53.8 Å². The molecular formula is C25H38N2O. The molecule has 0 aromatic heterocycles. The SMILES string of the molecule is CCCCCCC[C@H]1CC[C@H](C2=C(N)CC(N)(Oc3ccccc3)C=C2)CC1. The Hall–Kier alpha value is -1.74. The lowest BCUT2D eigenvalue weighted by Crippen LogP contribution is -2.46. The highest BCUT2D eigenvalue weighted by Gasteiger charge is 2.32.